The van der Waals surface area contributed by atoms with Gasteiger partial charge in [0.25, 0.3) is 0 Å². The number of nitrogen functional groups attached to an aromatic ring is 1. The highest BCUT2D eigenvalue weighted by atomic mass is 16.5. The van der Waals surface area contributed by atoms with Crippen LogP contribution in [0, 0.1) is 0 Å². The van der Waals surface area contributed by atoms with E-state index in [2.05, 4.69) is 9.97 Å². The van der Waals surface area contributed by atoms with Gasteiger partial charge in [-0.2, -0.15) is 0 Å². The third kappa shape index (κ3) is 2.10. The Morgan fingerprint density at radius 2 is 2.27 bits per heavy atom. The molecule has 1 aromatic carbocycles. The lowest BCUT2D eigenvalue weighted by molar-refractivity contribution is 0.0619. The predicted octanol–water partition coefficient (Wildman–Crippen LogP) is 2.07. The van der Waals surface area contributed by atoms with Crippen LogP contribution in [-0.4, -0.2) is 16.1 Å². The van der Waals surface area contributed by atoms with E-state index in [1.54, 1.807) is 0 Å². The quantitative estimate of drug-likeness (QED) is 0.754. The van der Waals surface area contributed by atoms with Gasteiger partial charge in [-0.3, -0.25) is 0 Å². The number of hydrogen-bond donors (Lipinski definition) is 2. The standard InChI is InChI=1S/C11H15N3O/c1-7(2)15-6-10-13-9-5-3-4-8(12)11(9)14-10/h3-5,7H,6,12H2,1-2H3,(H,13,14). The molecule has 4 heteroatoms. The van der Waals surface area contributed by atoms with Gasteiger partial charge >= 0.3 is 0 Å². The van der Waals surface area contributed by atoms with E-state index in [4.69, 9.17) is 10.5 Å². The number of benzene rings is 1. The lowest BCUT2D eigenvalue weighted by atomic mass is 10.3. The molecule has 2 aromatic rings. The number of imidazole rings is 1. The van der Waals surface area contributed by atoms with E-state index in [-0.39, 0.29) is 6.10 Å². The Morgan fingerprint density at radius 3 is 2.93 bits per heavy atom. The number of nitrogens with two attached hydrogens (primary N) is 1. The summed E-state index contributed by atoms with van der Waals surface area (Å²) in [6.45, 7) is 4.49. The molecule has 0 unspecified atom stereocenters. The number of anilines is 1. The molecule has 0 saturated carbocycles. The minimum atomic E-state index is 0.204. The maximum absolute atomic E-state index is 5.80. The fourth-order valence-corrected chi connectivity index (χ4v) is 1.42. The summed E-state index contributed by atoms with van der Waals surface area (Å²) in [7, 11) is 0. The molecule has 2 rings (SSSR count). The van der Waals surface area contributed by atoms with Crippen molar-refractivity contribution in [3.05, 3.63) is 24.0 Å². The van der Waals surface area contributed by atoms with E-state index in [1.807, 2.05) is 32.0 Å². The number of fused-ring (bicyclic) bond motifs is 1. The highest BCUT2D eigenvalue weighted by Gasteiger charge is 2.05. The average Bonchev–Trinajstić information content (AvgIpc) is 2.59. The number of nitrogens with one attached hydrogen (secondary N) is 1. The van der Waals surface area contributed by atoms with Crippen LogP contribution >= 0.6 is 0 Å². The van der Waals surface area contributed by atoms with Crippen molar-refractivity contribution in [2.45, 2.75) is 26.6 Å². The summed E-state index contributed by atoms with van der Waals surface area (Å²) in [4.78, 5) is 7.55. The summed E-state index contributed by atoms with van der Waals surface area (Å²) in [6, 6.07) is 5.71. The highest BCUT2D eigenvalue weighted by molar-refractivity contribution is 5.86. The zero-order valence-corrected chi connectivity index (χ0v) is 8.95. The molecule has 0 aliphatic heterocycles. The number of nitrogens with zero attached hydrogens (tertiary/aromatic N) is 1. The Labute approximate surface area is 88.5 Å². The summed E-state index contributed by atoms with van der Waals surface area (Å²) in [5.74, 6) is 0.816. The smallest absolute Gasteiger partial charge is 0.133 e. The number of ether oxygens (including phenoxy) is 1. The van der Waals surface area contributed by atoms with Crippen molar-refractivity contribution in [3.63, 3.8) is 0 Å². The second-order valence-corrected chi connectivity index (χ2v) is 3.79. The van der Waals surface area contributed by atoms with Crippen LogP contribution in [0.4, 0.5) is 5.69 Å². The first-order chi connectivity index (χ1) is 7.16. The molecular weight excluding hydrogens is 190 g/mol. The van der Waals surface area contributed by atoms with Crippen molar-refractivity contribution in [3.8, 4) is 0 Å². The number of rotatable bonds is 3. The zero-order valence-electron chi connectivity index (χ0n) is 8.95. The molecule has 0 saturated heterocycles. The van der Waals surface area contributed by atoms with E-state index in [1.165, 1.54) is 0 Å². The molecule has 0 atom stereocenters. The maximum atomic E-state index is 5.80. The number of para-hydroxylation sites is 1. The minimum absolute atomic E-state index is 0.204. The second kappa shape index (κ2) is 3.90. The third-order valence-corrected chi connectivity index (χ3v) is 2.15. The van der Waals surface area contributed by atoms with Crippen LogP contribution in [-0.2, 0) is 11.3 Å². The molecule has 3 N–H and O–H groups in total. The molecule has 0 spiro atoms. The minimum Gasteiger partial charge on any atom is -0.397 e. The number of aromatic nitrogens is 2. The van der Waals surface area contributed by atoms with Crippen molar-refractivity contribution < 1.29 is 4.74 Å². The topological polar surface area (TPSA) is 63.9 Å². The molecule has 0 aliphatic carbocycles. The van der Waals surface area contributed by atoms with Crippen LogP contribution in [0.15, 0.2) is 18.2 Å². The Balaban J connectivity index is 2.27. The van der Waals surface area contributed by atoms with Crippen LogP contribution < -0.4 is 5.73 Å². The predicted molar refractivity (Wildman–Crippen MR) is 60.4 cm³/mol. The van der Waals surface area contributed by atoms with Gasteiger partial charge in [0.15, 0.2) is 0 Å². The van der Waals surface area contributed by atoms with Crippen LogP contribution in [0.2, 0.25) is 0 Å². The first kappa shape index (κ1) is 9.98. The van der Waals surface area contributed by atoms with Crippen LogP contribution in [0.5, 0.6) is 0 Å². The van der Waals surface area contributed by atoms with E-state index in [0.717, 1.165) is 16.9 Å². The molecule has 0 fully saturated rings. The molecule has 0 amide bonds. The van der Waals surface area contributed by atoms with E-state index in [0.29, 0.717) is 12.3 Å². The van der Waals surface area contributed by atoms with E-state index in [9.17, 15) is 0 Å². The summed E-state index contributed by atoms with van der Waals surface area (Å²) >= 11 is 0. The summed E-state index contributed by atoms with van der Waals surface area (Å²) in [6.07, 6.45) is 0.204. The molecule has 80 valence electrons. The van der Waals surface area contributed by atoms with Gasteiger partial charge in [-0.15, -0.1) is 0 Å². The van der Waals surface area contributed by atoms with Crippen LogP contribution in [0.3, 0.4) is 0 Å². The number of hydrogen-bond acceptors (Lipinski definition) is 3. The van der Waals surface area contributed by atoms with Crippen LogP contribution in [0.1, 0.15) is 19.7 Å². The van der Waals surface area contributed by atoms with Gasteiger partial charge in [0.1, 0.15) is 17.9 Å². The van der Waals surface area contributed by atoms with Gasteiger partial charge in [-0.05, 0) is 26.0 Å². The molecule has 0 radical (unpaired) electrons. The maximum Gasteiger partial charge on any atom is 0.133 e. The Kier molecular flexibility index (Phi) is 2.60. The van der Waals surface area contributed by atoms with Crippen molar-refractivity contribution in [1.29, 1.82) is 0 Å². The van der Waals surface area contributed by atoms with Crippen molar-refractivity contribution in [1.82, 2.24) is 9.97 Å². The van der Waals surface area contributed by atoms with Crippen molar-refractivity contribution in [2.24, 2.45) is 0 Å². The molecule has 0 aliphatic rings. The average molecular weight is 205 g/mol. The van der Waals surface area contributed by atoms with Crippen LogP contribution in [0.25, 0.3) is 11.0 Å². The third-order valence-electron chi connectivity index (χ3n) is 2.15. The Hall–Kier alpha value is -1.55. The van der Waals surface area contributed by atoms with Gasteiger partial charge in [-0.25, -0.2) is 4.98 Å². The Morgan fingerprint density at radius 1 is 1.47 bits per heavy atom. The van der Waals surface area contributed by atoms with Gasteiger partial charge in [0.2, 0.25) is 0 Å². The normalized spacial score (nSPS) is 11.4. The van der Waals surface area contributed by atoms with Gasteiger partial charge in [0, 0.05) is 0 Å². The zero-order chi connectivity index (χ0) is 10.8. The Bertz CT molecular complexity index is 462. The molecule has 1 aromatic heterocycles. The first-order valence-electron chi connectivity index (χ1n) is 5.01. The molecular formula is C11H15N3O. The van der Waals surface area contributed by atoms with E-state index >= 15 is 0 Å². The largest absolute Gasteiger partial charge is 0.397 e. The second-order valence-electron chi connectivity index (χ2n) is 3.79. The highest BCUT2D eigenvalue weighted by Crippen LogP contribution is 2.18. The fourth-order valence-electron chi connectivity index (χ4n) is 1.42. The lowest BCUT2D eigenvalue weighted by Gasteiger charge is -2.03. The summed E-state index contributed by atoms with van der Waals surface area (Å²) in [5, 5.41) is 0. The van der Waals surface area contributed by atoms with Gasteiger partial charge < -0.3 is 15.5 Å². The van der Waals surface area contributed by atoms with Gasteiger partial charge in [0.05, 0.1) is 17.3 Å². The van der Waals surface area contributed by atoms with Crippen molar-refractivity contribution >= 4 is 16.7 Å². The SMILES string of the molecule is CC(C)OCc1nc2c(N)cccc2[nH]1. The van der Waals surface area contributed by atoms with Gasteiger partial charge in [-0.1, -0.05) is 6.07 Å². The monoisotopic (exact) mass is 205 g/mol. The lowest BCUT2D eigenvalue weighted by Crippen LogP contribution is -2.03. The molecule has 15 heavy (non-hydrogen) atoms. The molecule has 1 heterocycles. The van der Waals surface area contributed by atoms with E-state index < -0.39 is 0 Å². The first-order valence-corrected chi connectivity index (χ1v) is 5.01. The number of H-pyrrole nitrogens is 1. The summed E-state index contributed by atoms with van der Waals surface area (Å²) in [5.41, 5.74) is 8.27. The number of aromatic amines is 1. The molecule has 0 bridgehead atoms. The fraction of sp³-hybridized carbons (Fsp3) is 0.364. The molecule has 4 nitrogen and oxygen atoms in total. The summed E-state index contributed by atoms with van der Waals surface area (Å²) < 4.78 is 5.46. The van der Waals surface area contributed by atoms with Crippen molar-refractivity contribution in [2.75, 3.05) is 5.73 Å².